The molecule has 0 radical (unpaired) electrons. The van der Waals surface area contributed by atoms with Gasteiger partial charge in [0.05, 0.1) is 13.2 Å². The van der Waals surface area contributed by atoms with E-state index in [2.05, 4.69) is 10.6 Å². The normalized spacial score (nSPS) is 19.2. The Morgan fingerprint density at radius 1 is 1.44 bits per heavy atom. The average Bonchev–Trinajstić information content (AvgIpc) is 2.38. The molecule has 1 aliphatic rings. The summed E-state index contributed by atoms with van der Waals surface area (Å²) in [4.78, 5) is 34.7. The van der Waals surface area contributed by atoms with E-state index in [-0.39, 0.29) is 38.1 Å². The van der Waals surface area contributed by atoms with Gasteiger partial charge in [-0.05, 0) is 0 Å². The Hall–Kier alpha value is -1.83. The minimum atomic E-state index is -1.09. The summed E-state index contributed by atoms with van der Waals surface area (Å²) in [6.07, 6.45) is -0.794. The molecule has 0 aromatic carbocycles. The first-order valence-corrected chi connectivity index (χ1v) is 5.62. The van der Waals surface area contributed by atoms with Crippen LogP contribution in [0.1, 0.15) is 6.42 Å². The summed E-state index contributed by atoms with van der Waals surface area (Å²) >= 11 is 0. The SMILES string of the molecule is CNC(=O)CCNC(=O)N1CCOC(C(=O)O)C1. The van der Waals surface area contributed by atoms with E-state index >= 15 is 0 Å². The third-order valence-electron chi connectivity index (χ3n) is 2.54. The van der Waals surface area contributed by atoms with E-state index in [4.69, 9.17) is 9.84 Å². The van der Waals surface area contributed by atoms with Gasteiger partial charge in [0.25, 0.3) is 0 Å². The number of ether oxygens (including phenoxy) is 1. The molecule has 8 heteroatoms. The van der Waals surface area contributed by atoms with Crippen LogP contribution in [0.5, 0.6) is 0 Å². The standard InChI is InChI=1S/C10H17N3O5/c1-11-8(14)2-3-12-10(17)13-4-5-18-7(6-13)9(15)16/h7H,2-6H2,1H3,(H,11,14)(H,12,17)(H,15,16). The van der Waals surface area contributed by atoms with Gasteiger partial charge in [-0.1, -0.05) is 0 Å². The molecule has 0 saturated carbocycles. The topological polar surface area (TPSA) is 108 Å². The lowest BCUT2D eigenvalue weighted by atomic mass is 10.3. The number of carboxylic acid groups (broad SMARTS) is 1. The Balaban J connectivity index is 2.32. The van der Waals surface area contributed by atoms with Gasteiger partial charge in [0.15, 0.2) is 6.10 Å². The van der Waals surface area contributed by atoms with Gasteiger partial charge in [-0.2, -0.15) is 0 Å². The fourth-order valence-corrected chi connectivity index (χ4v) is 1.50. The molecule has 1 atom stereocenters. The van der Waals surface area contributed by atoms with Crippen LogP contribution in [0.4, 0.5) is 4.79 Å². The third-order valence-corrected chi connectivity index (χ3v) is 2.54. The summed E-state index contributed by atoms with van der Waals surface area (Å²) in [6.45, 7) is 0.768. The first-order chi connectivity index (χ1) is 8.54. The summed E-state index contributed by atoms with van der Waals surface area (Å²) in [5.74, 6) is -1.25. The van der Waals surface area contributed by atoms with Crippen LogP contribution in [0.15, 0.2) is 0 Å². The zero-order valence-electron chi connectivity index (χ0n) is 10.1. The van der Waals surface area contributed by atoms with Crippen LogP contribution in [-0.4, -0.2) is 67.3 Å². The summed E-state index contributed by atoms with van der Waals surface area (Å²) in [5.41, 5.74) is 0. The average molecular weight is 259 g/mol. The maximum Gasteiger partial charge on any atom is 0.334 e. The Kier molecular flexibility index (Phi) is 5.37. The van der Waals surface area contributed by atoms with Crippen LogP contribution < -0.4 is 10.6 Å². The highest BCUT2D eigenvalue weighted by molar-refractivity contribution is 5.79. The number of nitrogens with one attached hydrogen (secondary N) is 2. The van der Waals surface area contributed by atoms with Crippen molar-refractivity contribution in [3.63, 3.8) is 0 Å². The van der Waals surface area contributed by atoms with Crippen molar-refractivity contribution in [2.75, 3.05) is 33.3 Å². The molecule has 1 aliphatic heterocycles. The van der Waals surface area contributed by atoms with Crippen molar-refractivity contribution in [1.29, 1.82) is 0 Å². The number of nitrogens with zero attached hydrogens (tertiary/aromatic N) is 1. The van der Waals surface area contributed by atoms with Gasteiger partial charge in [0, 0.05) is 26.6 Å². The summed E-state index contributed by atoms with van der Waals surface area (Å²) in [5, 5.41) is 13.8. The third kappa shape index (κ3) is 4.21. The highest BCUT2D eigenvalue weighted by Crippen LogP contribution is 2.05. The van der Waals surface area contributed by atoms with Crippen molar-refractivity contribution in [2.45, 2.75) is 12.5 Å². The van der Waals surface area contributed by atoms with Gasteiger partial charge in [-0.25, -0.2) is 9.59 Å². The number of carboxylic acids is 1. The predicted molar refractivity (Wildman–Crippen MR) is 61.0 cm³/mol. The Morgan fingerprint density at radius 3 is 2.78 bits per heavy atom. The Morgan fingerprint density at radius 2 is 2.17 bits per heavy atom. The molecule has 102 valence electrons. The number of urea groups is 1. The molecule has 0 aliphatic carbocycles. The van der Waals surface area contributed by atoms with Crippen molar-refractivity contribution < 1.29 is 24.2 Å². The minimum Gasteiger partial charge on any atom is -0.479 e. The van der Waals surface area contributed by atoms with Crippen molar-refractivity contribution in [2.24, 2.45) is 0 Å². The number of carbonyl (C=O) groups is 3. The van der Waals surface area contributed by atoms with Crippen LogP contribution in [0.2, 0.25) is 0 Å². The van der Waals surface area contributed by atoms with E-state index in [1.165, 1.54) is 11.9 Å². The number of hydrogen-bond donors (Lipinski definition) is 3. The first kappa shape index (κ1) is 14.2. The van der Waals surface area contributed by atoms with Gasteiger partial charge in [-0.3, -0.25) is 4.79 Å². The lowest BCUT2D eigenvalue weighted by molar-refractivity contribution is -0.154. The number of hydrogen-bond acceptors (Lipinski definition) is 4. The van der Waals surface area contributed by atoms with Crippen LogP contribution >= 0.6 is 0 Å². The molecule has 8 nitrogen and oxygen atoms in total. The van der Waals surface area contributed by atoms with Gasteiger partial charge in [0.1, 0.15) is 0 Å². The van der Waals surface area contributed by atoms with Crippen molar-refractivity contribution >= 4 is 17.9 Å². The van der Waals surface area contributed by atoms with Gasteiger partial charge < -0.3 is 25.4 Å². The van der Waals surface area contributed by atoms with Crippen molar-refractivity contribution in [1.82, 2.24) is 15.5 Å². The smallest absolute Gasteiger partial charge is 0.334 e. The molecule has 0 aromatic rings. The molecular formula is C10H17N3O5. The fraction of sp³-hybridized carbons (Fsp3) is 0.700. The zero-order chi connectivity index (χ0) is 13.5. The van der Waals surface area contributed by atoms with Crippen LogP contribution in [-0.2, 0) is 14.3 Å². The number of rotatable bonds is 4. The molecule has 0 bridgehead atoms. The highest BCUT2D eigenvalue weighted by atomic mass is 16.5. The molecule has 1 heterocycles. The van der Waals surface area contributed by atoms with Crippen LogP contribution in [0, 0.1) is 0 Å². The van der Waals surface area contributed by atoms with Gasteiger partial charge in [-0.15, -0.1) is 0 Å². The maximum atomic E-state index is 11.7. The predicted octanol–water partition coefficient (Wildman–Crippen LogP) is -1.38. The van der Waals surface area contributed by atoms with E-state index in [1.54, 1.807) is 0 Å². The van der Waals surface area contributed by atoms with Gasteiger partial charge in [0.2, 0.25) is 5.91 Å². The van der Waals surface area contributed by atoms with Gasteiger partial charge >= 0.3 is 12.0 Å². The van der Waals surface area contributed by atoms with E-state index in [0.29, 0.717) is 6.54 Å². The zero-order valence-corrected chi connectivity index (χ0v) is 10.1. The molecule has 18 heavy (non-hydrogen) atoms. The summed E-state index contributed by atoms with van der Waals surface area (Å²) < 4.78 is 4.99. The lowest BCUT2D eigenvalue weighted by Crippen LogP contribution is -2.52. The largest absolute Gasteiger partial charge is 0.479 e. The highest BCUT2D eigenvalue weighted by Gasteiger charge is 2.28. The second kappa shape index (κ2) is 6.80. The minimum absolute atomic E-state index is 0.0150. The molecular weight excluding hydrogens is 242 g/mol. The van der Waals surface area contributed by atoms with Crippen LogP contribution in [0.25, 0.3) is 0 Å². The maximum absolute atomic E-state index is 11.7. The molecule has 3 N–H and O–H groups in total. The van der Waals surface area contributed by atoms with Crippen molar-refractivity contribution in [3.8, 4) is 0 Å². The van der Waals surface area contributed by atoms with E-state index < -0.39 is 12.1 Å². The second-order valence-corrected chi connectivity index (χ2v) is 3.80. The van der Waals surface area contributed by atoms with Crippen molar-refractivity contribution in [3.05, 3.63) is 0 Å². The molecule has 1 unspecified atom stereocenters. The van der Waals surface area contributed by atoms with Crippen LogP contribution in [0.3, 0.4) is 0 Å². The molecule has 3 amide bonds. The fourth-order valence-electron chi connectivity index (χ4n) is 1.50. The second-order valence-electron chi connectivity index (χ2n) is 3.80. The molecule has 0 aromatic heterocycles. The first-order valence-electron chi connectivity index (χ1n) is 5.62. The lowest BCUT2D eigenvalue weighted by Gasteiger charge is -2.30. The summed E-state index contributed by atoms with van der Waals surface area (Å²) in [7, 11) is 1.52. The number of morpholine rings is 1. The Bertz CT molecular complexity index is 333. The van der Waals surface area contributed by atoms with E-state index in [1.807, 2.05) is 0 Å². The molecule has 1 fully saturated rings. The quantitative estimate of drug-likeness (QED) is 0.576. The number of amides is 3. The molecule has 1 rings (SSSR count). The van der Waals surface area contributed by atoms with E-state index in [0.717, 1.165) is 0 Å². The monoisotopic (exact) mass is 259 g/mol. The molecule has 0 spiro atoms. The molecule has 1 saturated heterocycles. The number of aliphatic carboxylic acids is 1. The van der Waals surface area contributed by atoms with E-state index in [9.17, 15) is 14.4 Å². The summed E-state index contributed by atoms with van der Waals surface area (Å²) in [6, 6.07) is -0.381. The Labute approximate surface area is 104 Å². The number of carbonyl (C=O) groups excluding carboxylic acids is 2.